The minimum atomic E-state index is -0.235. The van der Waals surface area contributed by atoms with Gasteiger partial charge in [0.2, 0.25) is 0 Å². The van der Waals surface area contributed by atoms with Crippen LogP contribution in [0.1, 0.15) is 25.0 Å². The summed E-state index contributed by atoms with van der Waals surface area (Å²) in [6.07, 6.45) is 0. The quantitative estimate of drug-likeness (QED) is 0.191. The second-order valence-corrected chi connectivity index (χ2v) is 14.2. The molecule has 0 unspecified atom stereocenters. The molecule has 0 aliphatic heterocycles. The highest BCUT2D eigenvalue weighted by atomic mass is 16.3. The smallest absolute Gasteiger partial charge is 0.160 e. The molecular weight excluding hydrogens is 623 g/mol. The van der Waals surface area contributed by atoms with Gasteiger partial charge in [0, 0.05) is 54.7 Å². The maximum absolute atomic E-state index is 6.62. The van der Waals surface area contributed by atoms with Crippen molar-refractivity contribution in [3.05, 3.63) is 163 Å². The summed E-state index contributed by atoms with van der Waals surface area (Å²) in [6.45, 7) is 4.72. The molecule has 11 rings (SSSR count). The highest BCUT2D eigenvalue weighted by molar-refractivity contribution is 6.18. The molecule has 0 saturated carbocycles. The third-order valence-electron chi connectivity index (χ3n) is 11.0. The van der Waals surface area contributed by atoms with Crippen molar-refractivity contribution in [3.63, 3.8) is 0 Å². The lowest BCUT2D eigenvalue weighted by Gasteiger charge is -2.22. The summed E-state index contributed by atoms with van der Waals surface area (Å²) in [7, 11) is 0. The summed E-state index contributed by atoms with van der Waals surface area (Å²) in [5, 5.41) is 5.89. The Labute approximate surface area is 294 Å². The van der Waals surface area contributed by atoms with Gasteiger partial charge in [0.15, 0.2) is 5.82 Å². The van der Waals surface area contributed by atoms with E-state index in [0.29, 0.717) is 5.82 Å². The summed E-state index contributed by atoms with van der Waals surface area (Å²) < 4.78 is 9.03. The highest BCUT2D eigenvalue weighted by Gasteiger charge is 2.40. The Morgan fingerprint density at radius 1 is 0.569 bits per heavy atom. The lowest BCUT2D eigenvalue weighted by atomic mass is 9.80. The van der Waals surface area contributed by atoms with Gasteiger partial charge < -0.3 is 8.98 Å². The molecule has 4 nitrogen and oxygen atoms in total. The van der Waals surface area contributed by atoms with Gasteiger partial charge in [-0.05, 0) is 53.1 Å². The molecule has 51 heavy (non-hydrogen) atoms. The second-order valence-electron chi connectivity index (χ2n) is 14.2. The Morgan fingerprint density at radius 3 is 2.20 bits per heavy atom. The normalized spacial score (nSPS) is 13.5. The molecule has 7 aromatic carbocycles. The van der Waals surface area contributed by atoms with Crippen molar-refractivity contribution in [2.24, 2.45) is 0 Å². The Hall–Kier alpha value is -6.52. The number of para-hydroxylation sites is 3. The SMILES string of the molecule is CC1(C)c2ccc3c(oc4ccccc43)c2-c2ccc3c(c21)c1ccccc1n3-c1cccc(-c2nc(-c3ccccc3)c3ccccc3n2)c1. The maximum Gasteiger partial charge on any atom is 0.160 e. The van der Waals surface area contributed by atoms with E-state index in [-0.39, 0.29) is 5.41 Å². The van der Waals surface area contributed by atoms with Gasteiger partial charge in [0.05, 0.1) is 22.2 Å². The van der Waals surface area contributed by atoms with Gasteiger partial charge in [0.1, 0.15) is 11.2 Å². The standard InChI is InChI=1S/C47H31N3O/c1-47(2)36-25-23-32-31-17-8-11-22-40(31)51-45(32)41(36)35-24-26-39-42(43(35)47)34-19-7-10-21-38(34)50(39)30-16-12-15-29(27-30)46-48-37-20-9-6-18-33(37)44(49-46)28-13-4-3-5-14-28/h3-27H,1-2H3. The molecular formula is C47H31N3O. The van der Waals surface area contributed by atoms with Crippen LogP contribution >= 0.6 is 0 Å². The highest BCUT2D eigenvalue weighted by Crippen LogP contribution is 2.56. The van der Waals surface area contributed by atoms with E-state index in [1.165, 1.54) is 49.4 Å². The van der Waals surface area contributed by atoms with Crippen molar-refractivity contribution in [3.8, 4) is 39.5 Å². The Kier molecular flexibility index (Phi) is 5.70. The van der Waals surface area contributed by atoms with Gasteiger partial charge in [-0.25, -0.2) is 9.97 Å². The van der Waals surface area contributed by atoms with E-state index >= 15 is 0 Å². The molecule has 0 fully saturated rings. The van der Waals surface area contributed by atoms with Crippen LogP contribution in [0, 0.1) is 0 Å². The van der Waals surface area contributed by atoms with Crippen molar-refractivity contribution in [2.75, 3.05) is 0 Å². The second kappa shape index (κ2) is 10.3. The number of furan rings is 1. The number of fused-ring (bicyclic) bond motifs is 12. The molecule has 0 radical (unpaired) electrons. The molecule has 3 aromatic heterocycles. The van der Waals surface area contributed by atoms with Crippen molar-refractivity contribution in [2.45, 2.75) is 19.3 Å². The fourth-order valence-corrected chi connectivity index (χ4v) is 8.71. The van der Waals surface area contributed by atoms with Gasteiger partial charge >= 0.3 is 0 Å². The molecule has 0 N–H and O–H groups in total. The van der Waals surface area contributed by atoms with Crippen LogP contribution in [-0.4, -0.2) is 14.5 Å². The number of aromatic nitrogens is 3. The fraction of sp³-hybridized carbons (Fsp3) is 0.0638. The van der Waals surface area contributed by atoms with E-state index in [1.807, 2.05) is 18.2 Å². The lowest BCUT2D eigenvalue weighted by Crippen LogP contribution is -2.15. The predicted molar refractivity (Wildman–Crippen MR) is 210 cm³/mol. The molecule has 0 spiro atoms. The summed E-state index contributed by atoms with van der Waals surface area (Å²) in [5.41, 5.74) is 14.1. The first-order chi connectivity index (χ1) is 25.1. The van der Waals surface area contributed by atoms with Gasteiger partial charge in [-0.15, -0.1) is 0 Å². The summed E-state index contributed by atoms with van der Waals surface area (Å²) in [6, 6.07) is 53.7. The van der Waals surface area contributed by atoms with Gasteiger partial charge in [-0.3, -0.25) is 0 Å². The summed E-state index contributed by atoms with van der Waals surface area (Å²) in [4.78, 5) is 10.3. The van der Waals surface area contributed by atoms with Crippen molar-refractivity contribution in [1.29, 1.82) is 0 Å². The molecule has 0 amide bonds. The molecule has 1 aliphatic carbocycles. The van der Waals surface area contributed by atoms with E-state index in [2.05, 4.69) is 152 Å². The third-order valence-corrected chi connectivity index (χ3v) is 11.0. The number of hydrogen-bond donors (Lipinski definition) is 0. The van der Waals surface area contributed by atoms with Crippen molar-refractivity contribution < 1.29 is 4.42 Å². The minimum absolute atomic E-state index is 0.235. The maximum atomic E-state index is 6.62. The topological polar surface area (TPSA) is 43.9 Å². The first kappa shape index (κ1) is 28.3. The van der Waals surface area contributed by atoms with E-state index in [1.54, 1.807) is 0 Å². The molecule has 0 saturated heterocycles. The molecule has 10 aromatic rings. The Morgan fingerprint density at radius 2 is 1.31 bits per heavy atom. The van der Waals surface area contributed by atoms with E-state index in [4.69, 9.17) is 14.4 Å². The average molecular weight is 654 g/mol. The zero-order chi connectivity index (χ0) is 33.8. The summed E-state index contributed by atoms with van der Waals surface area (Å²) in [5.74, 6) is 0.711. The molecule has 4 heteroatoms. The number of nitrogens with zero attached hydrogens (tertiary/aromatic N) is 3. The van der Waals surface area contributed by atoms with E-state index in [0.717, 1.165) is 50.0 Å². The Bertz CT molecular complexity index is 3060. The monoisotopic (exact) mass is 653 g/mol. The van der Waals surface area contributed by atoms with Crippen molar-refractivity contribution >= 4 is 54.6 Å². The van der Waals surface area contributed by atoms with Crippen LogP contribution in [-0.2, 0) is 5.41 Å². The van der Waals surface area contributed by atoms with Gasteiger partial charge in [-0.2, -0.15) is 0 Å². The predicted octanol–water partition coefficient (Wildman–Crippen LogP) is 12.3. The van der Waals surface area contributed by atoms with Gasteiger partial charge in [0.25, 0.3) is 0 Å². The third kappa shape index (κ3) is 3.90. The molecule has 0 bridgehead atoms. The minimum Gasteiger partial charge on any atom is -0.455 e. The van der Waals surface area contributed by atoms with Crippen LogP contribution in [0.4, 0.5) is 0 Å². The molecule has 240 valence electrons. The average Bonchev–Trinajstić information content (AvgIpc) is 3.80. The van der Waals surface area contributed by atoms with E-state index < -0.39 is 0 Å². The van der Waals surface area contributed by atoms with Gasteiger partial charge in [-0.1, -0.05) is 129 Å². The lowest BCUT2D eigenvalue weighted by molar-refractivity contribution is 0.657. The van der Waals surface area contributed by atoms with E-state index in [9.17, 15) is 0 Å². The fourth-order valence-electron chi connectivity index (χ4n) is 8.71. The summed E-state index contributed by atoms with van der Waals surface area (Å²) >= 11 is 0. The Balaban J connectivity index is 1.15. The zero-order valence-corrected chi connectivity index (χ0v) is 28.2. The van der Waals surface area contributed by atoms with Crippen LogP contribution in [0.25, 0.3) is 94.1 Å². The molecule has 1 aliphatic rings. The first-order valence-corrected chi connectivity index (χ1v) is 17.5. The first-order valence-electron chi connectivity index (χ1n) is 17.5. The molecule has 0 atom stereocenters. The molecule has 3 heterocycles. The van der Waals surface area contributed by atoms with Crippen LogP contribution < -0.4 is 0 Å². The zero-order valence-electron chi connectivity index (χ0n) is 28.2. The largest absolute Gasteiger partial charge is 0.455 e. The number of rotatable bonds is 3. The number of hydrogen-bond acceptors (Lipinski definition) is 3. The number of benzene rings is 7. The van der Waals surface area contributed by atoms with Crippen LogP contribution in [0.15, 0.2) is 156 Å². The van der Waals surface area contributed by atoms with Crippen LogP contribution in [0.2, 0.25) is 0 Å². The van der Waals surface area contributed by atoms with Crippen LogP contribution in [0.3, 0.4) is 0 Å². The van der Waals surface area contributed by atoms with Crippen molar-refractivity contribution in [1.82, 2.24) is 14.5 Å². The van der Waals surface area contributed by atoms with Crippen LogP contribution in [0.5, 0.6) is 0 Å².